The van der Waals surface area contributed by atoms with E-state index in [4.69, 9.17) is 9.47 Å². The van der Waals surface area contributed by atoms with Crippen molar-refractivity contribution in [2.24, 2.45) is 0 Å². The summed E-state index contributed by atoms with van der Waals surface area (Å²) >= 11 is 0. The Morgan fingerprint density at radius 3 is 2.18 bits per heavy atom. The highest BCUT2D eigenvalue weighted by atomic mass is 16.5. The summed E-state index contributed by atoms with van der Waals surface area (Å²) in [6, 6.07) is 0. The van der Waals surface area contributed by atoms with Crippen LogP contribution in [0.4, 0.5) is 0 Å². The minimum Gasteiger partial charge on any atom is -0.480 e. The molecular formula is C12H25NO4. The molecule has 1 N–H and O–H groups in total. The van der Waals surface area contributed by atoms with Crippen molar-refractivity contribution in [2.45, 2.75) is 38.3 Å². The number of hydrogen-bond donors (Lipinski definition) is 1. The molecule has 0 aromatic carbocycles. The average molecular weight is 247 g/mol. The average Bonchev–Trinajstić information content (AvgIpc) is 2.24. The van der Waals surface area contributed by atoms with Crippen molar-refractivity contribution in [2.75, 3.05) is 34.4 Å². The minimum atomic E-state index is -0.960. The van der Waals surface area contributed by atoms with Gasteiger partial charge in [0.2, 0.25) is 0 Å². The predicted octanol–water partition coefficient (Wildman–Crippen LogP) is 1.22. The second-order valence-electron chi connectivity index (χ2n) is 5.13. The largest absolute Gasteiger partial charge is 0.480 e. The zero-order valence-corrected chi connectivity index (χ0v) is 11.7. The summed E-state index contributed by atoms with van der Waals surface area (Å²) in [5.41, 5.74) is -1.44. The van der Waals surface area contributed by atoms with Crippen LogP contribution in [0.25, 0.3) is 0 Å². The number of rotatable bonds is 8. The molecule has 0 bridgehead atoms. The Bertz CT molecular complexity index is 255. The number of nitrogens with zero attached hydrogens (tertiary/aromatic N) is 1. The number of hydrogen-bond acceptors (Lipinski definition) is 4. The fourth-order valence-corrected chi connectivity index (χ4v) is 1.75. The van der Waals surface area contributed by atoms with E-state index in [-0.39, 0.29) is 0 Å². The number of carboxylic acid groups (broad SMARTS) is 1. The summed E-state index contributed by atoms with van der Waals surface area (Å²) in [5.74, 6) is -0.846. The van der Waals surface area contributed by atoms with Crippen molar-refractivity contribution in [1.29, 1.82) is 0 Å². The van der Waals surface area contributed by atoms with Crippen LogP contribution in [0.15, 0.2) is 0 Å². The molecule has 0 fully saturated rings. The molecule has 0 spiro atoms. The third-order valence-electron chi connectivity index (χ3n) is 3.26. The Balaban J connectivity index is 4.84. The topological polar surface area (TPSA) is 59.0 Å². The van der Waals surface area contributed by atoms with E-state index in [2.05, 4.69) is 0 Å². The molecular weight excluding hydrogens is 222 g/mol. The first kappa shape index (κ1) is 16.4. The van der Waals surface area contributed by atoms with E-state index in [1.54, 1.807) is 33.1 Å². The standard InChI is InChI=1S/C12H25NO4/c1-11(2,17-6)9-12(3,10(14)15)13(4)7-8-16-5/h7-9H2,1-6H3,(H,14,15). The molecule has 0 saturated heterocycles. The summed E-state index contributed by atoms with van der Waals surface area (Å²) < 4.78 is 10.3. The van der Waals surface area contributed by atoms with Crippen LogP contribution >= 0.6 is 0 Å². The molecule has 0 saturated carbocycles. The summed E-state index contributed by atoms with van der Waals surface area (Å²) in [6.07, 6.45) is 0.409. The lowest BCUT2D eigenvalue weighted by Crippen LogP contribution is -2.55. The van der Waals surface area contributed by atoms with Crippen molar-refractivity contribution in [3.05, 3.63) is 0 Å². The molecule has 5 nitrogen and oxygen atoms in total. The smallest absolute Gasteiger partial charge is 0.323 e. The van der Waals surface area contributed by atoms with Crippen molar-refractivity contribution < 1.29 is 19.4 Å². The summed E-state index contributed by atoms with van der Waals surface area (Å²) in [6.45, 7) is 6.56. The van der Waals surface area contributed by atoms with Gasteiger partial charge >= 0.3 is 5.97 Å². The van der Waals surface area contributed by atoms with Gasteiger partial charge in [-0.15, -0.1) is 0 Å². The second-order valence-corrected chi connectivity index (χ2v) is 5.13. The van der Waals surface area contributed by atoms with E-state index < -0.39 is 17.1 Å². The Hall–Kier alpha value is -0.650. The van der Waals surface area contributed by atoms with Gasteiger partial charge in [-0.1, -0.05) is 0 Å². The van der Waals surface area contributed by atoms with Gasteiger partial charge in [0.15, 0.2) is 0 Å². The number of aliphatic carboxylic acids is 1. The molecule has 17 heavy (non-hydrogen) atoms. The molecule has 1 atom stereocenters. The van der Waals surface area contributed by atoms with Gasteiger partial charge in [-0.25, -0.2) is 0 Å². The third kappa shape index (κ3) is 4.61. The Morgan fingerprint density at radius 2 is 1.82 bits per heavy atom. The van der Waals surface area contributed by atoms with Gasteiger partial charge < -0.3 is 14.6 Å². The minimum absolute atomic E-state index is 0.409. The van der Waals surface area contributed by atoms with Crippen LogP contribution in [0.3, 0.4) is 0 Å². The predicted molar refractivity (Wildman–Crippen MR) is 66.3 cm³/mol. The molecule has 0 aliphatic rings. The molecule has 0 aromatic rings. The van der Waals surface area contributed by atoms with Crippen molar-refractivity contribution >= 4 is 5.97 Å². The Morgan fingerprint density at radius 1 is 1.29 bits per heavy atom. The molecule has 0 aliphatic carbocycles. The van der Waals surface area contributed by atoms with E-state index in [0.29, 0.717) is 19.6 Å². The molecule has 1 unspecified atom stereocenters. The summed E-state index contributed by atoms with van der Waals surface area (Å²) in [4.78, 5) is 13.3. The van der Waals surface area contributed by atoms with Gasteiger partial charge in [-0.05, 0) is 27.8 Å². The van der Waals surface area contributed by atoms with E-state index >= 15 is 0 Å². The van der Waals surface area contributed by atoms with Gasteiger partial charge in [-0.2, -0.15) is 0 Å². The van der Waals surface area contributed by atoms with E-state index in [1.165, 1.54) is 0 Å². The van der Waals surface area contributed by atoms with Gasteiger partial charge in [-0.3, -0.25) is 9.69 Å². The molecule has 0 radical (unpaired) electrons. The number of carbonyl (C=O) groups is 1. The van der Waals surface area contributed by atoms with E-state index in [0.717, 1.165) is 0 Å². The Labute approximate surface area is 104 Å². The fourth-order valence-electron chi connectivity index (χ4n) is 1.75. The fraction of sp³-hybridized carbons (Fsp3) is 0.917. The lowest BCUT2D eigenvalue weighted by molar-refractivity contribution is -0.155. The maximum atomic E-state index is 11.5. The van der Waals surface area contributed by atoms with Crippen LogP contribution in [0.5, 0.6) is 0 Å². The number of ether oxygens (including phenoxy) is 2. The number of methoxy groups -OCH3 is 2. The third-order valence-corrected chi connectivity index (χ3v) is 3.26. The van der Waals surface area contributed by atoms with Crippen LogP contribution in [-0.4, -0.2) is 61.5 Å². The van der Waals surface area contributed by atoms with Crippen LogP contribution in [0, 0.1) is 0 Å². The molecule has 0 aliphatic heterocycles. The van der Waals surface area contributed by atoms with Gasteiger partial charge in [0.05, 0.1) is 12.2 Å². The lowest BCUT2D eigenvalue weighted by atomic mass is 9.86. The number of likely N-dealkylation sites (N-methyl/N-ethyl adjacent to an activating group) is 1. The summed E-state index contributed by atoms with van der Waals surface area (Å²) in [7, 11) is 4.99. The van der Waals surface area contributed by atoms with Crippen LogP contribution in [0.2, 0.25) is 0 Å². The summed E-state index contributed by atoms with van der Waals surface area (Å²) in [5, 5.41) is 9.42. The first-order chi connectivity index (χ1) is 7.69. The van der Waals surface area contributed by atoms with Crippen molar-refractivity contribution in [3.63, 3.8) is 0 Å². The monoisotopic (exact) mass is 247 g/mol. The first-order valence-corrected chi connectivity index (χ1v) is 5.68. The zero-order valence-electron chi connectivity index (χ0n) is 11.7. The lowest BCUT2D eigenvalue weighted by Gasteiger charge is -2.40. The van der Waals surface area contributed by atoms with Crippen LogP contribution < -0.4 is 0 Å². The maximum Gasteiger partial charge on any atom is 0.323 e. The maximum absolute atomic E-state index is 11.5. The zero-order chi connectivity index (χ0) is 13.7. The first-order valence-electron chi connectivity index (χ1n) is 5.68. The van der Waals surface area contributed by atoms with Crippen molar-refractivity contribution in [1.82, 2.24) is 4.90 Å². The number of carboxylic acids is 1. The normalized spacial score (nSPS) is 15.9. The quantitative estimate of drug-likeness (QED) is 0.699. The van der Waals surface area contributed by atoms with E-state index in [1.807, 2.05) is 13.8 Å². The Kier molecular flexibility index (Phi) is 6.09. The molecule has 102 valence electrons. The molecule has 0 rings (SSSR count). The highest BCUT2D eigenvalue weighted by Crippen LogP contribution is 2.27. The van der Waals surface area contributed by atoms with Crippen molar-refractivity contribution in [3.8, 4) is 0 Å². The van der Waals surface area contributed by atoms with Crippen LogP contribution in [0.1, 0.15) is 27.2 Å². The van der Waals surface area contributed by atoms with Gasteiger partial charge in [0, 0.05) is 27.2 Å². The molecule has 0 aromatic heterocycles. The SMILES string of the molecule is COCCN(C)C(C)(CC(C)(C)OC)C(=O)O. The molecule has 5 heteroatoms. The molecule has 0 heterocycles. The second kappa shape index (κ2) is 6.33. The van der Waals surface area contributed by atoms with Crippen LogP contribution in [-0.2, 0) is 14.3 Å². The van der Waals surface area contributed by atoms with Gasteiger partial charge in [0.1, 0.15) is 5.54 Å². The molecule has 0 amide bonds. The highest BCUT2D eigenvalue weighted by Gasteiger charge is 2.42. The van der Waals surface area contributed by atoms with E-state index in [9.17, 15) is 9.90 Å². The van der Waals surface area contributed by atoms with Gasteiger partial charge in [0.25, 0.3) is 0 Å². The highest BCUT2D eigenvalue weighted by molar-refractivity contribution is 5.78.